The molecule has 0 bridgehead atoms. The van der Waals surface area contributed by atoms with Crippen molar-refractivity contribution in [2.75, 3.05) is 36.8 Å². The number of fused-ring (bicyclic) bond motifs is 1. The minimum Gasteiger partial charge on any atom is -0.368 e. The number of amides is 1. The molecule has 0 saturated carbocycles. The Morgan fingerprint density at radius 1 is 1.07 bits per heavy atom. The Morgan fingerprint density at radius 2 is 1.86 bits per heavy atom. The number of aryl methyl sites for hydroxylation is 3. The van der Waals surface area contributed by atoms with Crippen molar-refractivity contribution in [1.82, 2.24) is 24.5 Å². The highest BCUT2D eigenvalue weighted by Gasteiger charge is 2.22. The summed E-state index contributed by atoms with van der Waals surface area (Å²) in [6.07, 6.45) is 0. The van der Waals surface area contributed by atoms with E-state index in [0.29, 0.717) is 10.9 Å². The minimum atomic E-state index is 0.142. The van der Waals surface area contributed by atoms with Gasteiger partial charge >= 0.3 is 0 Å². The highest BCUT2D eigenvalue weighted by molar-refractivity contribution is 7.99. The molecule has 0 radical (unpaired) electrons. The van der Waals surface area contributed by atoms with Crippen LogP contribution >= 0.6 is 11.8 Å². The molecule has 1 fully saturated rings. The molecule has 0 unspecified atom stereocenters. The first-order chi connectivity index (χ1) is 13.5. The van der Waals surface area contributed by atoms with E-state index in [9.17, 15) is 4.79 Å². The molecule has 0 N–H and O–H groups in total. The fraction of sp³-hybridized carbons (Fsp3) is 0.400. The second-order valence-corrected chi connectivity index (χ2v) is 8.06. The van der Waals surface area contributed by atoms with E-state index in [1.54, 1.807) is 0 Å². The van der Waals surface area contributed by atoms with Crippen LogP contribution in [-0.2, 0) is 4.79 Å². The van der Waals surface area contributed by atoms with Gasteiger partial charge in [-0.05, 0) is 38.5 Å². The Balaban J connectivity index is 1.35. The summed E-state index contributed by atoms with van der Waals surface area (Å²) in [4.78, 5) is 21.4. The van der Waals surface area contributed by atoms with Gasteiger partial charge in [0.15, 0.2) is 10.8 Å². The van der Waals surface area contributed by atoms with E-state index in [1.165, 1.54) is 23.0 Å². The first kappa shape index (κ1) is 18.7. The lowest BCUT2D eigenvalue weighted by molar-refractivity contribution is -0.128. The third-order valence-corrected chi connectivity index (χ3v) is 5.90. The molecule has 2 aromatic heterocycles. The van der Waals surface area contributed by atoms with E-state index >= 15 is 0 Å². The van der Waals surface area contributed by atoms with Gasteiger partial charge in [0.25, 0.3) is 0 Å². The van der Waals surface area contributed by atoms with Crippen LogP contribution in [-0.4, -0.2) is 62.3 Å². The lowest BCUT2D eigenvalue weighted by atomic mass is 10.2. The Bertz CT molecular complexity index is 1010. The van der Waals surface area contributed by atoms with Crippen molar-refractivity contribution < 1.29 is 4.79 Å². The number of nitrogens with zero attached hydrogens (tertiary/aromatic N) is 6. The van der Waals surface area contributed by atoms with Gasteiger partial charge in [-0.25, -0.2) is 4.98 Å². The number of hydrogen-bond donors (Lipinski definition) is 0. The van der Waals surface area contributed by atoms with Crippen LogP contribution in [0, 0.1) is 20.8 Å². The molecule has 4 rings (SSSR count). The van der Waals surface area contributed by atoms with Gasteiger partial charge in [0.2, 0.25) is 5.91 Å². The SMILES string of the molecule is Cc1cccc(N2CCN(C(=O)CSc3nnc4cc(C)nc(C)n34)CC2)c1. The highest BCUT2D eigenvalue weighted by Crippen LogP contribution is 2.21. The van der Waals surface area contributed by atoms with Crippen molar-refractivity contribution >= 4 is 29.0 Å². The molecule has 1 saturated heterocycles. The molecule has 146 valence electrons. The molecule has 8 heteroatoms. The molecule has 3 aromatic rings. The number of rotatable bonds is 4. The van der Waals surface area contributed by atoms with E-state index in [4.69, 9.17) is 0 Å². The van der Waals surface area contributed by atoms with E-state index in [0.717, 1.165) is 43.3 Å². The zero-order valence-corrected chi connectivity index (χ0v) is 17.2. The minimum absolute atomic E-state index is 0.142. The predicted octanol–water partition coefficient (Wildman–Crippen LogP) is 2.49. The average molecular weight is 397 g/mol. The highest BCUT2D eigenvalue weighted by atomic mass is 32.2. The van der Waals surface area contributed by atoms with E-state index in [-0.39, 0.29) is 5.91 Å². The van der Waals surface area contributed by atoms with Gasteiger partial charge < -0.3 is 9.80 Å². The van der Waals surface area contributed by atoms with E-state index in [2.05, 4.69) is 51.3 Å². The van der Waals surface area contributed by atoms with Crippen molar-refractivity contribution in [1.29, 1.82) is 0 Å². The van der Waals surface area contributed by atoms with Crippen LogP contribution in [0.3, 0.4) is 0 Å². The monoisotopic (exact) mass is 396 g/mol. The summed E-state index contributed by atoms with van der Waals surface area (Å²) in [5.41, 5.74) is 4.17. The third-order valence-electron chi connectivity index (χ3n) is 4.98. The Labute approximate surface area is 168 Å². The number of aromatic nitrogens is 4. The van der Waals surface area contributed by atoms with E-state index < -0.39 is 0 Å². The van der Waals surface area contributed by atoms with Crippen molar-refractivity contribution in [3.63, 3.8) is 0 Å². The second-order valence-electron chi connectivity index (χ2n) is 7.12. The Kier molecular flexibility index (Phi) is 5.21. The topological polar surface area (TPSA) is 66.6 Å². The van der Waals surface area contributed by atoms with Crippen molar-refractivity contribution in [3.8, 4) is 0 Å². The fourth-order valence-electron chi connectivity index (χ4n) is 3.55. The molecule has 28 heavy (non-hydrogen) atoms. The first-order valence-corrected chi connectivity index (χ1v) is 10.4. The average Bonchev–Trinajstić information content (AvgIpc) is 3.09. The van der Waals surface area contributed by atoms with Crippen LogP contribution in [0.5, 0.6) is 0 Å². The number of piperazine rings is 1. The van der Waals surface area contributed by atoms with Crippen LogP contribution in [0.25, 0.3) is 5.65 Å². The predicted molar refractivity (Wildman–Crippen MR) is 111 cm³/mol. The summed E-state index contributed by atoms with van der Waals surface area (Å²) < 4.78 is 1.90. The van der Waals surface area contributed by atoms with Crippen LogP contribution < -0.4 is 4.90 Å². The molecule has 7 nitrogen and oxygen atoms in total. The summed E-state index contributed by atoms with van der Waals surface area (Å²) in [6, 6.07) is 10.4. The Hall–Kier alpha value is -2.61. The lowest BCUT2D eigenvalue weighted by Gasteiger charge is -2.36. The van der Waals surface area contributed by atoms with Crippen molar-refractivity contribution in [2.24, 2.45) is 0 Å². The smallest absolute Gasteiger partial charge is 0.233 e. The van der Waals surface area contributed by atoms with Gasteiger partial charge in [-0.1, -0.05) is 23.9 Å². The van der Waals surface area contributed by atoms with Crippen LogP contribution in [0.2, 0.25) is 0 Å². The number of anilines is 1. The molecule has 1 aliphatic rings. The number of carbonyl (C=O) groups excluding carboxylic acids is 1. The molecular weight excluding hydrogens is 372 g/mol. The molecule has 1 aromatic carbocycles. The summed E-state index contributed by atoms with van der Waals surface area (Å²) in [7, 11) is 0. The maximum Gasteiger partial charge on any atom is 0.233 e. The Morgan fingerprint density at radius 3 is 2.61 bits per heavy atom. The fourth-order valence-corrected chi connectivity index (χ4v) is 4.44. The number of carbonyl (C=O) groups is 1. The van der Waals surface area contributed by atoms with Gasteiger partial charge in [0.05, 0.1) is 5.75 Å². The van der Waals surface area contributed by atoms with Crippen LogP contribution in [0.15, 0.2) is 35.5 Å². The molecule has 0 atom stereocenters. The summed E-state index contributed by atoms with van der Waals surface area (Å²) >= 11 is 1.42. The lowest BCUT2D eigenvalue weighted by Crippen LogP contribution is -2.49. The van der Waals surface area contributed by atoms with Crippen molar-refractivity contribution in [3.05, 3.63) is 47.4 Å². The zero-order chi connectivity index (χ0) is 19.7. The summed E-state index contributed by atoms with van der Waals surface area (Å²) in [5, 5.41) is 9.15. The van der Waals surface area contributed by atoms with E-state index in [1.807, 2.05) is 29.2 Å². The second kappa shape index (κ2) is 7.79. The largest absolute Gasteiger partial charge is 0.368 e. The zero-order valence-electron chi connectivity index (χ0n) is 16.4. The van der Waals surface area contributed by atoms with Crippen molar-refractivity contribution in [2.45, 2.75) is 25.9 Å². The molecule has 1 aliphatic heterocycles. The molecule has 3 heterocycles. The number of thioether (sulfide) groups is 1. The van der Waals surface area contributed by atoms with Crippen LogP contribution in [0.4, 0.5) is 5.69 Å². The van der Waals surface area contributed by atoms with Crippen LogP contribution in [0.1, 0.15) is 17.1 Å². The molecule has 0 aliphatic carbocycles. The maximum absolute atomic E-state index is 12.7. The van der Waals surface area contributed by atoms with Gasteiger partial charge in [0.1, 0.15) is 5.82 Å². The maximum atomic E-state index is 12.7. The standard InChI is InChI=1S/C20H24N6OS/c1-14-5-4-6-17(11-14)24-7-9-25(10-8-24)19(27)13-28-20-23-22-18-12-15(2)21-16(3)26(18)20/h4-6,11-12H,7-10,13H2,1-3H3. The van der Waals surface area contributed by atoms with Gasteiger partial charge in [-0.2, -0.15) is 0 Å². The number of benzene rings is 1. The molecular formula is C20H24N6OS. The summed E-state index contributed by atoms with van der Waals surface area (Å²) in [5.74, 6) is 1.34. The molecule has 0 spiro atoms. The third kappa shape index (κ3) is 3.82. The molecule has 1 amide bonds. The summed E-state index contributed by atoms with van der Waals surface area (Å²) in [6.45, 7) is 9.18. The van der Waals surface area contributed by atoms with Gasteiger partial charge in [0, 0.05) is 43.6 Å². The normalized spacial score (nSPS) is 14.7. The quantitative estimate of drug-likeness (QED) is 0.631. The first-order valence-electron chi connectivity index (χ1n) is 9.43. The van der Waals surface area contributed by atoms with Gasteiger partial charge in [-0.15, -0.1) is 10.2 Å². The van der Waals surface area contributed by atoms with Gasteiger partial charge in [-0.3, -0.25) is 9.20 Å². The number of hydrogen-bond acceptors (Lipinski definition) is 6.